The van der Waals surface area contributed by atoms with Gasteiger partial charge in [-0.2, -0.15) is 5.10 Å². The first-order chi connectivity index (χ1) is 16.4. The molecule has 0 saturated heterocycles. The zero-order valence-electron chi connectivity index (χ0n) is 21.5. The first-order valence-corrected chi connectivity index (χ1v) is 13.6. The van der Waals surface area contributed by atoms with E-state index in [9.17, 15) is 4.79 Å². The number of nitrogens with zero attached hydrogens (tertiary/aromatic N) is 3. The molecule has 0 radical (unpaired) electrons. The van der Waals surface area contributed by atoms with E-state index in [0.717, 1.165) is 54.0 Å². The third-order valence-corrected chi connectivity index (χ3v) is 11.0. The third kappa shape index (κ3) is 3.73. The molecule has 5 heteroatoms. The van der Waals surface area contributed by atoms with Gasteiger partial charge in [0.1, 0.15) is 5.52 Å². The Morgan fingerprint density at radius 2 is 1.82 bits per heavy atom. The van der Waals surface area contributed by atoms with Crippen LogP contribution in [0.5, 0.6) is 0 Å². The normalized spacial score (nSPS) is 41.1. The molecule has 4 saturated carbocycles. The van der Waals surface area contributed by atoms with Gasteiger partial charge in [0.05, 0.1) is 12.7 Å². The molecule has 1 N–H and O–H groups in total. The molecule has 0 aromatic carbocycles. The molecule has 6 rings (SSSR count). The number of aliphatic hydroxyl groups excluding tert-OH is 1. The van der Waals surface area contributed by atoms with Gasteiger partial charge >= 0.3 is 0 Å². The second-order valence-corrected chi connectivity index (χ2v) is 12.4. The summed E-state index contributed by atoms with van der Waals surface area (Å²) < 4.78 is 1.85. The monoisotopic (exact) mass is 465 g/mol. The van der Waals surface area contributed by atoms with Crippen molar-refractivity contribution < 1.29 is 9.90 Å². The second-order valence-electron chi connectivity index (χ2n) is 12.4. The van der Waals surface area contributed by atoms with Crippen molar-refractivity contribution in [3.8, 4) is 0 Å². The minimum absolute atomic E-state index is 0.192. The zero-order chi connectivity index (χ0) is 24.1. The number of rotatable bonds is 3. The number of carbonyl (C=O) groups excluding carboxylic acids is 1. The molecule has 0 aliphatic heterocycles. The average Bonchev–Trinajstić information content (AvgIpc) is 3.40. The molecule has 4 aliphatic carbocycles. The van der Waals surface area contributed by atoms with Crippen LogP contribution in [-0.4, -0.2) is 32.8 Å². The largest absolute Gasteiger partial charge is 0.400 e. The van der Waals surface area contributed by atoms with Crippen molar-refractivity contribution in [3.63, 3.8) is 0 Å². The molecule has 0 amide bonds. The van der Waals surface area contributed by atoms with Crippen LogP contribution in [0.15, 0.2) is 24.7 Å². The van der Waals surface area contributed by atoms with Crippen LogP contribution in [-0.2, 0) is 11.3 Å². The van der Waals surface area contributed by atoms with Crippen molar-refractivity contribution in [1.29, 1.82) is 0 Å². The molecule has 5 nitrogen and oxygen atoms in total. The van der Waals surface area contributed by atoms with Crippen LogP contribution in [0.1, 0.15) is 78.6 Å². The van der Waals surface area contributed by atoms with Crippen LogP contribution in [0, 0.1) is 46.3 Å². The Morgan fingerprint density at radius 3 is 2.62 bits per heavy atom. The van der Waals surface area contributed by atoms with Crippen LogP contribution < -0.4 is 0 Å². The van der Waals surface area contributed by atoms with Gasteiger partial charge in [0, 0.05) is 30.8 Å². The quantitative estimate of drug-likeness (QED) is 0.612. The fraction of sp³-hybridized carbons (Fsp3) is 0.759. The standard InChI is InChI=1S/C28H39N3O.CH4O/c1-18-8-11-27(2)20(14-18)4-5-21-22-6-7-24(28(22,3)12-9-23(21)27)26(32)17-31-16-19-10-13-29-15-25(19)30-31;1-2/h10,13,15-16,18,20-24H,4-9,11-12,14,17H2,1-3H3;2H,1H3/t18?,20?,21?,22?,23?,24-,27+,28+;/m1./s1. The van der Waals surface area contributed by atoms with E-state index in [1.54, 1.807) is 12.4 Å². The van der Waals surface area contributed by atoms with Crippen LogP contribution in [0.25, 0.3) is 10.9 Å². The average molecular weight is 466 g/mol. The number of hydrogen-bond acceptors (Lipinski definition) is 4. The highest BCUT2D eigenvalue weighted by atomic mass is 16.2. The molecule has 186 valence electrons. The maximum Gasteiger partial charge on any atom is 0.157 e. The molecular formula is C29H43N3O2. The van der Waals surface area contributed by atoms with Crippen molar-refractivity contribution in [2.24, 2.45) is 46.3 Å². The summed E-state index contributed by atoms with van der Waals surface area (Å²) >= 11 is 0. The molecule has 2 heterocycles. The highest BCUT2D eigenvalue weighted by molar-refractivity contribution is 5.83. The Hall–Kier alpha value is -1.75. The van der Waals surface area contributed by atoms with Gasteiger partial charge in [0.15, 0.2) is 5.78 Å². The van der Waals surface area contributed by atoms with Crippen LogP contribution in [0.2, 0.25) is 0 Å². The van der Waals surface area contributed by atoms with E-state index in [1.807, 2.05) is 16.9 Å². The number of Topliss-reactive ketones (excluding diaryl/α,β-unsaturated/α-hetero) is 1. The third-order valence-electron chi connectivity index (χ3n) is 11.0. The number of aromatic nitrogens is 3. The Balaban J connectivity index is 0.00000117. The maximum atomic E-state index is 13.6. The lowest BCUT2D eigenvalue weighted by Crippen LogP contribution is -2.53. The molecule has 4 fully saturated rings. The predicted molar refractivity (Wildman–Crippen MR) is 135 cm³/mol. The highest BCUT2D eigenvalue weighted by Gasteiger charge is 2.60. The smallest absolute Gasteiger partial charge is 0.157 e. The summed E-state index contributed by atoms with van der Waals surface area (Å²) in [6, 6.07) is 1.97. The molecule has 34 heavy (non-hydrogen) atoms. The molecule has 5 unspecified atom stereocenters. The summed E-state index contributed by atoms with van der Waals surface area (Å²) in [4.78, 5) is 17.7. The lowest BCUT2D eigenvalue weighted by atomic mass is 9.44. The summed E-state index contributed by atoms with van der Waals surface area (Å²) in [6.07, 6.45) is 17.7. The van der Waals surface area contributed by atoms with Crippen molar-refractivity contribution in [2.45, 2.75) is 85.1 Å². The van der Waals surface area contributed by atoms with E-state index in [4.69, 9.17) is 5.11 Å². The van der Waals surface area contributed by atoms with Crippen molar-refractivity contribution in [1.82, 2.24) is 14.8 Å². The molecule has 8 atom stereocenters. The van der Waals surface area contributed by atoms with Gasteiger partial charge in [-0.1, -0.05) is 27.2 Å². The van der Waals surface area contributed by atoms with Crippen molar-refractivity contribution >= 4 is 16.7 Å². The minimum atomic E-state index is 0.192. The van der Waals surface area contributed by atoms with E-state index in [1.165, 1.54) is 51.4 Å². The Labute approximate surface area is 204 Å². The lowest BCUT2D eigenvalue weighted by molar-refractivity contribution is -0.137. The summed E-state index contributed by atoms with van der Waals surface area (Å²) in [5.41, 5.74) is 1.63. The Kier molecular flexibility index (Phi) is 6.37. The highest BCUT2D eigenvalue weighted by Crippen LogP contribution is 2.67. The fourth-order valence-electron chi connectivity index (χ4n) is 9.27. The lowest BCUT2D eigenvalue weighted by Gasteiger charge is -2.61. The summed E-state index contributed by atoms with van der Waals surface area (Å²) in [6.45, 7) is 8.01. The van der Waals surface area contributed by atoms with E-state index in [2.05, 4.69) is 30.9 Å². The van der Waals surface area contributed by atoms with E-state index >= 15 is 0 Å². The summed E-state index contributed by atoms with van der Waals surface area (Å²) in [5.74, 6) is 4.95. The first kappa shape index (κ1) is 24.0. The Bertz CT molecular complexity index is 1000. The van der Waals surface area contributed by atoms with Crippen LogP contribution >= 0.6 is 0 Å². The van der Waals surface area contributed by atoms with Gasteiger partial charge in [0.2, 0.25) is 0 Å². The van der Waals surface area contributed by atoms with Gasteiger partial charge in [-0.15, -0.1) is 0 Å². The molecule has 4 aliphatic rings. The predicted octanol–water partition coefficient (Wildman–Crippen LogP) is 5.90. The number of hydrogen-bond donors (Lipinski definition) is 1. The van der Waals surface area contributed by atoms with E-state index in [-0.39, 0.29) is 11.3 Å². The number of ketones is 1. The summed E-state index contributed by atoms with van der Waals surface area (Å²) in [7, 11) is 1.00. The number of fused-ring (bicyclic) bond motifs is 6. The van der Waals surface area contributed by atoms with Gasteiger partial charge < -0.3 is 5.11 Å². The first-order valence-electron chi connectivity index (χ1n) is 13.6. The molecule has 2 aromatic rings. The van der Waals surface area contributed by atoms with Crippen LogP contribution in [0.3, 0.4) is 0 Å². The van der Waals surface area contributed by atoms with Gasteiger partial charge in [-0.25, -0.2) is 0 Å². The van der Waals surface area contributed by atoms with Crippen LogP contribution in [0.4, 0.5) is 0 Å². The second kappa shape index (κ2) is 9.04. The molecular weight excluding hydrogens is 422 g/mol. The zero-order valence-corrected chi connectivity index (χ0v) is 21.5. The van der Waals surface area contributed by atoms with Crippen molar-refractivity contribution in [2.75, 3.05) is 7.11 Å². The molecule has 2 aromatic heterocycles. The van der Waals surface area contributed by atoms with Crippen molar-refractivity contribution in [3.05, 3.63) is 24.7 Å². The SMILES string of the molecule is CC1CC[C@@]2(C)C(CCC3C2CC[C@@]2(C)C3CC[C@@H]2C(=O)Cn2cc3ccncc3n2)C1.CO. The molecule has 0 spiro atoms. The van der Waals surface area contributed by atoms with Gasteiger partial charge in [-0.3, -0.25) is 14.5 Å². The minimum Gasteiger partial charge on any atom is -0.400 e. The topological polar surface area (TPSA) is 68.0 Å². The number of carbonyl (C=O) groups is 1. The summed E-state index contributed by atoms with van der Waals surface area (Å²) in [5, 5.41) is 12.7. The van der Waals surface area contributed by atoms with E-state index < -0.39 is 0 Å². The van der Waals surface area contributed by atoms with E-state index in [0.29, 0.717) is 17.7 Å². The maximum absolute atomic E-state index is 13.6. The molecule has 0 bridgehead atoms. The number of pyridine rings is 1. The fourth-order valence-corrected chi connectivity index (χ4v) is 9.27. The Morgan fingerprint density at radius 1 is 1.06 bits per heavy atom. The van der Waals surface area contributed by atoms with Gasteiger partial charge in [-0.05, 0) is 97.9 Å². The number of aliphatic hydroxyl groups is 1. The van der Waals surface area contributed by atoms with Gasteiger partial charge in [0.25, 0.3) is 0 Å².